The highest BCUT2D eigenvalue weighted by Crippen LogP contribution is 2.47. The molecule has 3 aliphatic rings. The first kappa shape index (κ1) is 21.9. The number of rotatable bonds is 6. The molecule has 2 aliphatic carbocycles. The van der Waals surface area contributed by atoms with Gasteiger partial charge in [0.25, 0.3) is 5.91 Å². The molecular formula is C23H25IN2O5. The number of hydrogen-bond acceptors (Lipinski definition) is 6. The number of carbonyl (C=O) groups is 3. The van der Waals surface area contributed by atoms with E-state index in [0.29, 0.717) is 42.1 Å². The topological polar surface area (TPSA) is 108 Å². The molecule has 164 valence electrons. The van der Waals surface area contributed by atoms with E-state index in [0.717, 1.165) is 46.2 Å². The lowest BCUT2D eigenvalue weighted by molar-refractivity contribution is -0.120. The zero-order valence-electron chi connectivity index (χ0n) is 17.4. The maximum absolute atomic E-state index is 13.0. The van der Waals surface area contributed by atoms with Crippen LogP contribution in [0.4, 0.5) is 0 Å². The molecule has 1 aromatic carbocycles. The molecule has 0 fully saturated rings. The van der Waals surface area contributed by atoms with Gasteiger partial charge in [-0.05, 0) is 72.9 Å². The van der Waals surface area contributed by atoms with Crippen molar-refractivity contribution in [2.24, 2.45) is 5.73 Å². The second-order valence-electron chi connectivity index (χ2n) is 7.91. The summed E-state index contributed by atoms with van der Waals surface area (Å²) >= 11 is 2.13. The first-order chi connectivity index (χ1) is 14.9. The molecule has 0 bridgehead atoms. The van der Waals surface area contributed by atoms with Gasteiger partial charge in [0.2, 0.25) is 0 Å². The summed E-state index contributed by atoms with van der Waals surface area (Å²) in [6.07, 6.45) is 4.22. The minimum Gasteiger partial charge on any atom is -0.490 e. The van der Waals surface area contributed by atoms with E-state index in [9.17, 15) is 14.4 Å². The van der Waals surface area contributed by atoms with Gasteiger partial charge in [0.1, 0.15) is 0 Å². The van der Waals surface area contributed by atoms with Crippen molar-refractivity contribution in [1.29, 1.82) is 0 Å². The zero-order valence-corrected chi connectivity index (χ0v) is 19.5. The van der Waals surface area contributed by atoms with Crippen molar-refractivity contribution >= 4 is 40.1 Å². The van der Waals surface area contributed by atoms with Gasteiger partial charge < -0.3 is 20.5 Å². The lowest BCUT2D eigenvalue weighted by atomic mass is 9.71. The summed E-state index contributed by atoms with van der Waals surface area (Å²) < 4.78 is 12.1. The minimum absolute atomic E-state index is 0.0886. The standard InChI is InChI=1S/C23H25IN2O5/c1-2-30-18-10-12(9-13(24)23(18)31-11-19(25)29)20-21-14(5-3-7-16(21)27)26-15-6-4-8-17(28)22(15)20/h9-10,20,26H,2-8,11H2,1H3,(H2,25,29). The van der Waals surface area contributed by atoms with Crippen LogP contribution in [0.1, 0.15) is 56.9 Å². The van der Waals surface area contributed by atoms with E-state index >= 15 is 0 Å². The summed E-state index contributed by atoms with van der Waals surface area (Å²) in [7, 11) is 0. The van der Waals surface area contributed by atoms with E-state index < -0.39 is 11.8 Å². The number of amides is 1. The van der Waals surface area contributed by atoms with Gasteiger partial charge in [-0.3, -0.25) is 14.4 Å². The zero-order chi connectivity index (χ0) is 22.1. The third-order valence-corrected chi connectivity index (χ3v) is 6.62. The number of halogens is 1. The quantitative estimate of drug-likeness (QED) is 0.541. The van der Waals surface area contributed by atoms with E-state index in [1.807, 2.05) is 19.1 Å². The number of ketones is 2. The Labute approximate surface area is 194 Å². The number of nitrogens with two attached hydrogens (primary N) is 1. The fourth-order valence-electron chi connectivity index (χ4n) is 4.62. The molecule has 1 aromatic rings. The van der Waals surface area contributed by atoms with Crippen molar-refractivity contribution in [2.45, 2.75) is 51.4 Å². The maximum Gasteiger partial charge on any atom is 0.255 e. The second-order valence-corrected chi connectivity index (χ2v) is 9.08. The molecule has 4 rings (SSSR count). The number of ether oxygens (including phenoxy) is 2. The van der Waals surface area contributed by atoms with Crippen molar-refractivity contribution in [2.75, 3.05) is 13.2 Å². The van der Waals surface area contributed by atoms with Gasteiger partial charge in [-0.1, -0.05) is 0 Å². The largest absolute Gasteiger partial charge is 0.490 e. The molecule has 0 atom stereocenters. The van der Waals surface area contributed by atoms with Crippen LogP contribution in [-0.4, -0.2) is 30.7 Å². The highest BCUT2D eigenvalue weighted by Gasteiger charge is 2.40. The summed E-state index contributed by atoms with van der Waals surface area (Å²) in [6.45, 7) is 2.00. The molecule has 0 unspecified atom stereocenters. The summed E-state index contributed by atoms with van der Waals surface area (Å²) in [5, 5.41) is 3.42. The fourth-order valence-corrected chi connectivity index (χ4v) is 5.40. The van der Waals surface area contributed by atoms with E-state index in [-0.39, 0.29) is 18.2 Å². The lowest BCUT2D eigenvalue weighted by Crippen LogP contribution is -2.36. The first-order valence-electron chi connectivity index (χ1n) is 10.6. The van der Waals surface area contributed by atoms with Gasteiger partial charge in [-0.15, -0.1) is 0 Å². The molecule has 1 amide bonds. The number of hydrogen-bond donors (Lipinski definition) is 2. The molecule has 3 N–H and O–H groups in total. The fraction of sp³-hybridized carbons (Fsp3) is 0.435. The summed E-state index contributed by atoms with van der Waals surface area (Å²) in [6, 6.07) is 3.74. The van der Waals surface area contributed by atoms with Crippen LogP contribution in [0.15, 0.2) is 34.7 Å². The number of allylic oxidation sites excluding steroid dienone is 4. The van der Waals surface area contributed by atoms with Gasteiger partial charge in [0.05, 0.1) is 10.2 Å². The summed E-state index contributed by atoms with van der Waals surface area (Å²) in [5.41, 5.74) is 9.34. The number of nitrogens with one attached hydrogen (secondary N) is 1. The van der Waals surface area contributed by atoms with E-state index in [4.69, 9.17) is 15.2 Å². The second kappa shape index (κ2) is 9.02. The molecule has 0 saturated heterocycles. The van der Waals surface area contributed by atoms with Crippen molar-refractivity contribution in [1.82, 2.24) is 5.32 Å². The van der Waals surface area contributed by atoms with Crippen LogP contribution >= 0.6 is 22.6 Å². The molecule has 31 heavy (non-hydrogen) atoms. The highest BCUT2D eigenvalue weighted by molar-refractivity contribution is 14.1. The van der Waals surface area contributed by atoms with Crippen LogP contribution in [0.2, 0.25) is 0 Å². The van der Waals surface area contributed by atoms with Crippen molar-refractivity contribution in [3.63, 3.8) is 0 Å². The molecule has 1 aliphatic heterocycles. The van der Waals surface area contributed by atoms with Crippen molar-refractivity contribution < 1.29 is 23.9 Å². The number of dihydropyridines is 1. The summed E-state index contributed by atoms with van der Waals surface area (Å²) in [5.74, 6) is 0.0966. The first-order valence-corrected chi connectivity index (χ1v) is 11.6. The van der Waals surface area contributed by atoms with Gasteiger partial charge in [0.15, 0.2) is 29.7 Å². The van der Waals surface area contributed by atoms with E-state index in [1.54, 1.807) is 0 Å². The predicted molar refractivity (Wildman–Crippen MR) is 123 cm³/mol. The maximum atomic E-state index is 13.0. The van der Waals surface area contributed by atoms with Gasteiger partial charge >= 0.3 is 0 Å². The van der Waals surface area contributed by atoms with E-state index in [1.165, 1.54) is 0 Å². The molecule has 0 spiro atoms. The third kappa shape index (κ3) is 4.22. The third-order valence-electron chi connectivity index (χ3n) is 5.82. The minimum atomic E-state index is -0.578. The SMILES string of the molecule is CCOc1cc(C2C3=C(CCCC3=O)NC3=C2C(=O)CCC3)cc(I)c1OCC(N)=O. The molecule has 0 aromatic heterocycles. The smallest absolute Gasteiger partial charge is 0.255 e. The number of benzene rings is 1. The van der Waals surface area contributed by atoms with Gasteiger partial charge in [-0.2, -0.15) is 0 Å². The van der Waals surface area contributed by atoms with E-state index in [2.05, 4.69) is 27.9 Å². The normalized spacial score (nSPS) is 19.0. The monoisotopic (exact) mass is 536 g/mol. The predicted octanol–water partition coefficient (Wildman–Crippen LogP) is 3.26. The number of carbonyl (C=O) groups excluding carboxylic acids is 3. The molecular weight excluding hydrogens is 511 g/mol. The van der Waals surface area contributed by atoms with Crippen LogP contribution in [0.3, 0.4) is 0 Å². The van der Waals surface area contributed by atoms with Crippen LogP contribution in [-0.2, 0) is 14.4 Å². The molecule has 1 heterocycles. The Kier molecular flexibility index (Phi) is 6.36. The molecule has 0 radical (unpaired) electrons. The average molecular weight is 536 g/mol. The molecule has 8 heteroatoms. The Hall–Kier alpha value is -2.36. The average Bonchev–Trinajstić information content (AvgIpc) is 2.72. The molecule has 7 nitrogen and oxygen atoms in total. The van der Waals surface area contributed by atoms with Crippen LogP contribution < -0.4 is 20.5 Å². The van der Waals surface area contributed by atoms with Crippen molar-refractivity contribution in [3.05, 3.63) is 43.8 Å². The van der Waals surface area contributed by atoms with Crippen molar-refractivity contribution in [3.8, 4) is 11.5 Å². The van der Waals surface area contributed by atoms with Crippen LogP contribution in [0.25, 0.3) is 0 Å². The highest BCUT2D eigenvalue weighted by atomic mass is 127. The Morgan fingerprint density at radius 3 is 2.23 bits per heavy atom. The van der Waals surface area contributed by atoms with Gasteiger partial charge in [0, 0.05) is 41.3 Å². The Bertz CT molecular complexity index is 985. The Morgan fingerprint density at radius 2 is 1.68 bits per heavy atom. The number of Topliss-reactive ketones (excluding diaryl/α,β-unsaturated/α-hetero) is 2. The summed E-state index contributed by atoms with van der Waals surface area (Å²) in [4.78, 5) is 37.2. The lowest BCUT2D eigenvalue weighted by Gasteiger charge is -2.37. The number of primary amides is 1. The molecule has 0 saturated carbocycles. The van der Waals surface area contributed by atoms with Crippen LogP contribution in [0, 0.1) is 3.57 Å². The van der Waals surface area contributed by atoms with Gasteiger partial charge in [-0.25, -0.2) is 0 Å². The van der Waals surface area contributed by atoms with Crippen LogP contribution in [0.5, 0.6) is 11.5 Å². The Morgan fingerprint density at radius 1 is 1.06 bits per heavy atom. The Balaban J connectivity index is 1.86.